The summed E-state index contributed by atoms with van der Waals surface area (Å²) in [7, 11) is 0. The summed E-state index contributed by atoms with van der Waals surface area (Å²) >= 11 is 0. The van der Waals surface area contributed by atoms with Crippen molar-refractivity contribution in [1.82, 2.24) is 4.90 Å². The van der Waals surface area contributed by atoms with Gasteiger partial charge in [0.2, 0.25) is 0 Å². The number of carbonyl (C=O) groups is 2. The molecule has 4 rings (SSSR count). The van der Waals surface area contributed by atoms with Crippen LogP contribution in [0.2, 0.25) is 0 Å². The maximum absolute atomic E-state index is 13.0. The summed E-state index contributed by atoms with van der Waals surface area (Å²) in [5, 5.41) is 14.8. The van der Waals surface area contributed by atoms with Crippen molar-refractivity contribution in [2.75, 3.05) is 26.2 Å². The molecule has 0 atom stereocenters. The molecule has 3 aromatic carbocycles. The molecule has 196 valence electrons. The van der Waals surface area contributed by atoms with Crippen LogP contribution in [0.3, 0.4) is 0 Å². The Labute approximate surface area is 217 Å². The molecule has 2 N–H and O–H groups in total. The Morgan fingerprint density at radius 3 is 1.84 bits per heavy atom. The summed E-state index contributed by atoms with van der Waals surface area (Å²) in [6.45, 7) is 4.17. The molecule has 1 heterocycles. The van der Waals surface area contributed by atoms with Crippen molar-refractivity contribution in [3.63, 3.8) is 0 Å². The summed E-state index contributed by atoms with van der Waals surface area (Å²) in [6, 6.07) is 28.1. The van der Waals surface area contributed by atoms with Crippen molar-refractivity contribution >= 4 is 11.9 Å². The lowest BCUT2D eigenvalue weighted by Crippen LogP contribution is -2.35. The predicted molar refractivity (Wildman–Crippen MR) is 140 cm³/mol. The van der Waals surface area contributed by atoms with Gasteiger partial charge in [0.1, 0.15) is 11.6 Å². The minimum atomic E-state index is -1.82. The zero-order valence-corrected chi connectivity index (χ0v) is 20.8. The molecule has 0 unspecified atom stereocenters. The summed E-state index contributed by atoms with van der Waals surface area (Å²) in [5.74, 6) is -1.95. The highest BCUT2D eigenvalue weighted by molar-refractivity contribution is 6.27. The molecule has 0 spiro atoms. The van der Waals surface area contributed by atoms with E-state index in [2.05, 4.69) is 65.6 Å². The Kier molecular flexibility index (Phi) is 11.1. The molecule has 0 bridgehead atoms. The van der Waals surface area contributed by atoms with Crippen LogP contribution in [-0.4, -0.2) is 53.3 Å². The van der Waals surface area contributed by atoms with Crippen LogP contribution >= 0.6 is 0 Å². The number of hydrogen-bond acceptors (Lipinski definition) is 4. The third-order valence-corrected chi connectivity index (χ3v) is 6.64. The third-order valence-electron chi connectivity index (χ3n) is 6.64. The van der Waals surface area contributed by atoms with Crippen LogP contribution in [0.4, 0.5) is 4.39 Å². The number of piperidine rings is 1. The van der Waals surface area contributed by atoms with E-state index in [1.54, 1.807) is 12.1 Å². The predicted octanol–water partition coefficient (Wildman–Crippen LogP) is 5.68. The average molecular weight is 508 g/mol. The molecule has 3 aromatic rings. The fraction of sp³-hybridized carbons (Fsp3) is 0.333. The number of nitrogens with zero attached hydrogens (tertiary/aromatic N) is 1. The van der Waals surface area contributed by atoms with Crippen LogP contribution < -0.4 is 4.74 Å². The van der Waals surface area contributed by atoms with Crippen molar-refractivity contribution < 1.29 is 28.9 Å². The Morgan fingerprint density at radius 2 is 1.35 bits per heavy atom. The van der Waals surface area contributed by atoms with E-state index in [-0.39, 0.29) is 5.82 Å². The van der Waals surface area contributed by atoms with Crippen LogP contribution in [0.15, 0.2) is 84.9 Å². The van der Waals surface area contributed by atoms with Crippen molar-refractivity contribution in [1.29, 1.82) is 0 Å². The number of rotatable bonds is 9. The molecule has 0 amide bonds. The number of aliphatic carboxylic acids is 2. The Morgan fingerprint density at radius 1 is 0.838 bits per heavy atom. The zero-order valence-electron chi connectivity index (χ0n) is 20.8. The third kappa shape index (κ3) is 9.69. The van der Waals surface area contributed by atoms with Crippen LogP contribution in [-0.2, 0) is 9.59 Å². The van der Waals surface area contributed by atoms with E-state index >= 15 is 0 Å². The van der Waals surface area contributed by atoms with Gasteiger partial charge in [-0.3, -0.25) is 0 Å². The van der Waals surface area contributed by atoms with Gasteiger partial charge in [0.25, 0.3) is 0 Å². The summed E-state index contributed by atoms with van der Waals surface area (Å²) in [5.41, 5.74) is 2.81. The quantitative estimate of drug-likeness (QED) is 0.362. The van der Waals surface area contributed by atoms with Gasteiger partial charge in [-0.25, -0.2) is 14.0 Å². The Balaban J connectivity index is 0.000000568. The fourth-order valence-corrected chi connectivity index (χ4v) is 4.58. The molecule has 0 radical (unpaired) electrons. The number of carboxylic acids is 2. The number of likely N-dealkylation sites (tertiary alicyclic amines) is 1. The van der Waals surface area contributed by atoms with Crippen LogP contribution in [0.25, 0.3) is 0 Å². The molecule has 6 nitrogen and oxygen atoms in total. The lowest BCUT2D eigenvalue weighted by Gasteiger charge is -2.33. The van der Waals surface area contributed by atoms with Crippen LogP contribution in [0.5, 0.6) is 5.75 Å². The highest BCUT2D eigenvalue weighted by atomic mass is 19.1. The first kappa shape index (κ1) is 27.9. The summed E-state index contributed by atoms with van der Waals surface area (Å²) in [4.78, 5) is 20.8. The normalized spacial score (nSPS) is 14.0. The second-order valence-corrected chi connectivity index (χ2v) is 9.15. The number of benzene rings is 3. The molecule has 0 aliphatic carbocycles. The lowest BCUT2D eigenvalue weighted by atomic mass is 9.88. The second-order valence-electron chi connectivity index (χ2n) is 9.15. The highest BCUT2D eigenvalue weighted by Gasteiger charge is 2.21. The Hall–Kier alpha value is -3.71. The standard InChI is InChI=1S/C28H32FNO.C2H2O4/c29-26-11-13-27(14-12-26)31-22-18-23-15-19-30(20-16-23)21-17-28(24-7-3-1-4-8-24)25-9-5-2-6-10-25;3-1(4)2(5)6/h1-14,23,28H,15-22H2;(H,3,4)(H,5,6). The molecule has 1 fully saturated rings. The van der Waals surface area contributed by atoms with Gasteiger partial charge in [0.15, 0.2) is 0 Å². The van der Waals surface area contributed by atoms with Gasteiger partial charge < -0.3 is 19.8 Å². The highest BCUT2D eigenvalue weighted by Crippen LogP contribution is 2.29. The topological polar surface area (TPSA) is 87.1 Å². The van der Waals surface area contributed by atoms with Gasteiger partial charge in [0, 0.05) is 5.92 Å². The molecule has 37 heavy (non-hydrogen) atoms. The minimum Gasteiger partial charge on any atom is -0.494 e. The van der Waals surface area contributed by atoms with Crippen molar-refractivity contribution in [2.45, 2.75) is 31.6 Å². The van der Waals surface area contributed by atoms with E-state index in [1.165, 1.54) is 36.1 Å². The van der Waals surface area contributed by atoms with E-state index in [0.29, 0.717) is 12.5 Å². The second kappa shape index (κ2) is 14.8. The average Bonchev–Trinajstić information content (AvgIpc) is 2.92. The SMILES string of the molecule is Fc1ccc(OCCC2CCN(CCC(c3ccccc3)c3ccccc3)CC2)cc1.O=C(O)C(=O)O. The maximum Gasteiger partial charge on any atom is 0.414 e. The van der Waals surface area contributed by atoms with Crippen molar-refractivity contribution in [2.24, 2.45) is 5.92 Å². The monoisotopic (exact) mass is 507 g/mol. The first-order valence-corrected chi connectivity index (χ1v) is 12.6. The molecule has 0 aromatic heterocycles. The van der Waals surface area contributed by atoms with E-state index < -0.39 is 11.9 Å². The lowest BCUT2D eigenvalue weighted by molar-refractivity contribution is -0.159. The van der Waals surface area contributed by atoms with Gasteiger partial charge in [-0.05, 0) is 86.6 Å². The zero-order chi connectivity index (χ0) is 26.5. The van der Waals surface area contributed by atoms with E-state index in [9.17, 15) is 4.39 Å². The largest absolute Gasteiger partial charge is 0.494 e. The molecule has 1 aliphatic rings. The first-order valence-electron chi connectivity index (χ1n) is 12.6. The number of carboxylic acid groups (broad SMARTS) is 2. The molecule has 0 saturated carbocycles. The fourth-order valence-electron chi connectivity index (χ4n) is 4.58. The molecule has 7 heteroatoms. The van der Waals surface area contributed by atoms with Crippen LogP contribution in [0.1, 0.15) is 42.7 Å². The van der Waals surface area contributed by atoms with Gasteiger partial charge in [-0.2, -0.15) is 0 Å². The van der Waals surface area contributed by atoms with Gasteiger partial charge in [-0.15, -0.1) is 0 Å². The van der Waals surface area contributed by atoms with E-state index in [4.69, 9.17) is 24.5 Å². The maximum atomic E-state index is 13.0. The summed E-state index contributed by atoms with van der Waals surface area (Å²) < 4.78 is 18.8. The Bertz CT molecular complexity index is 1030. The minimum absolute atomic E-state index is 0.221. The number of hydrogen-bond donors (Lipinski definition) is 2. The van der Waals surface area contributed by atoms with Crippen molar-refractivity contribution in [3.05, 3.63) is 102 Å². The van der Waals surface area contributed by atoms with Crippen LogP contribution in [0, 0.1) is 11.7 Å². The number of halogens is 1. The summed E-state index contributed by atoms with van der Waals surface area (Å²) in [6.07, 6.45) is 4.68. The molecule has 1 aliphatic heterocycles. The first-order chi connectivity index (χ1) is 17.9. The molecular formula is C30H34FNO5. The molecule has 1 saturated heterocycles. The van der Waals surface area contributed by atoms with Gasteiger partial charge in [0.05, 0.1) is 6.61 Å². The van der Waals surface area contributed by atoms with E-state index in [1.807, 2.05) is 0 Å². The van der Waals surface area contributed by atoms with E-state index in [0.717, 1.165) is 44.1 Å². The number of ether oxygens (including phenoxy) is 1. The van der Waals surface area contributed by atoms with Crippen molar-refractivity contribution in [3.8, 4) is 5.75 Å². The molecular weight excluding hydrogens is 473 g/mol. The van der Waals surface area contributed by atoms with Gasteiger partial charge >= 0.3 is 11.9 Å². The van der Waals surface area contributed by atoms with Gasteiger partial charge in [-0.1, -0.05) is 60.7 Å². The smallest absolute Gasteiger partial charge is 0.414 e.